The lowest BCUT2D eigenvalue weighted by Gasteiger charge is -2.19. The molecule has 0 atom stereocenters. The Balaban J connectivity index is 2.16. The van der Waals surface area contributed by atoms with Crippen molar-refractivity contribution in [3.8, 4) is 0 Å². The Kier molecular flexibility index (Phi) is 2.95. The number of benzene rings is 2. The molecule has 1 aliphatic rings. The van der Waals surface area contributed by atoms with Gasteiger partial charge in [-0.25, -0.2) is 0 Å². The Morgan fingerprint density at radius 1 is 0.900 bits per heavy atom. The molecule has 0 radical (unpaired) electrons. The molecule has 0 aliphatic carbocycles. The lowest BCUT2D eigenvalue weighted by Crippen LogP contribution is -2.28. The smallest absolute Gasteiger partial charge is 0.259 e. The summed E-state index contributed by atoms with van der Waals surface area (Å²) in [6, 6.07) is 16.5. The lowest BCUT2D eigenvalue weighted by atomic mass is 9.91. The molecule has 0 saturated heterocycles. The zero-order valence-corrected chi connectivity index (χ0v) is 11.0. The van der Waals surface area contributed by atoms with Crippen LogP contribution < -0.4 is 5.32 Å². The van der Waals surface area contributed by atoms with Gasteiger partial charge in [-0.1, -0.05) is 42.5 Å². The number of nitrogens with one attached hydrogen (secondary N) is 1. The molecule has 3 rings (SSSR count). The van der Waals surface area contributed by atoms with Gasteiger partial charge in [0.15, 0.2) is 0 Å². The van der Waals surface area contributed by atoms with Crippen molar-refractivity contribution in [2.75, 3.05) is 5.32 Å². The fourth-order valence-electron chi connectivity index (χ4n) is 2.39. The molecule has 1 heterocycles. The second-order valence-corrected chi connectivity index (χ2v) is 4.69. The highest BCUT2D eigenvalue weighted by Gasteiger charge is 2.30. The highest BCUT2D eigenvalue weighted by atomic mass is 16.2. The van der Waals surface area contributed by atoms with Crippen molar-refractivity contribution in [1.29, 1.82) is 0 Å². The van der Waals surface area contributed by atoms with Gasteiger partial charge in [0.1, 0.15) is 0 Å². The Morgan fingerprint density at radius 2 is 1.55 bits per heavy atom. The zero-order chi connectivity index (χ0) is 14.1. The molecule has 3 nitrogen and oxygen atoms in total. The topological polar surface area (TPSA) is 46.2 Å². The van der Waals surface area contributed by atoms with Crippen LogP contribution in [0, 0.1) is 0 Å². The molecule has 0 saturated carbocycles. The maximum atomic E-state index is 12.5. The molecule has 98 valence electrons. The highest BCUT2D eigenvalue weighted by molar-refractivity contribution is 6.37. The van der Waals surface area contributed by atoms with E-state index in [0.29, 0.717) is 16.8 Å². The molecule has 1 aliphatic heterocycles. The quantitative estimate of drug-likeness (QED) is 0.634. The van der Waals surface area contributed by atoms with Crippen LogP contribution in [0.1, 0.15) is 22.8 Å². The fraction of sp³-hybridized carbons (Fsp3) is 0.0588. The van der Waals surface area contributed by atoms with Crippen molar-refractivity contribution in [3.63, 3.8) is 0 Å². The third-order valence-corrected chi connectivity index (χ3v) is 3.46. The number of allylic oxidation sites excluding steroid dienone is 1. The minimum atomic E-state index is -0.338. The van der Waals surface area contributed by atoms with Gasteiger partial charge in [-0.3, -0.25) is 9.59 Å². The van der Waals surface area contributed by atoms with E-state index in [4.69, 9.17) is 0 Å². The number of ketones is 1. The molecular weight excluding hydrogens is 250 g/mol. The van der Waals surface area contributed by atoms with Crippen LogP contribution in [0.3, 0.4) is 0 Å². The van der Waals surface area contributed by atoms with E-state index < -0.39 is 0 Å². The number of fused-ring (bicyclic) bond motifs is 1. The maximum Gasteiger partial charge on any atom is 0.259 e. The molecule has 0 unspecified atom stereocenters. The van der Waals surface area contributed by atoms with E-state index in [9.17, 15) is 9.59 Å². The summed E-state index contributed by atoms with van der Waals surface area (Å²) in [5, 5.41) is 2.77. The van der Waals surface area contributed by atoms with Gasteiger partial charge in [-0.05, 0) is 30.2 Å². The number of rotatable bonds is 1. The standard InChI is InChI=1S/C17H13NO2/c1-11(12-7-3-2-4-8-12)15-16(19)13-9-5-6-10-14(13)18-17(15)20/h2-10H,1H3,(H,18,20)/b15-11-. The first kappa shape index (κ1) is 12.4. The Bertz CT molecular complexity index is 730. The molecule has 1 amide bonds. The summed E-state index contributed by atoms with van der Waals surface area (Å²) < 4.78 is 0. The van der Waals surface area contributed by atoms with Gasteiger partial charge in [-0.2, -0.15) is 0 Å². The van der Waals surface area contributed by atoms with Crippen LogP contribution in [-0.4, -0.2) is 11.7 Å². The van der Waals surface area contributed by atoms with Crippen LogP contribution in [0.4, 0.5) is 5.69 Å². The van der Waals surface area contributed by atoms with Crippen molar-refractivity contribution < 1.29 is 9.59 Å². The van der Waals surface area contributed by atoms with Crippen molar-refractivity contribution in [3.05, 3.63) is 71.3 Å². The lowest BCUT2D eigenvalue weighted by molar-refractivity contribution is -0.112. The van der Waals surface area contributed by atoms with Gasteiger partial charge in [0.2, 0.25) is 5.78 Å². The van der Waals surface area contributed by atoms with E-state index in [1.165, 1.54) is 0 Å². The van der Waals surface area contributed by atoms with Crippen molar-refractivity contribution in [1.82, 2.24) is 0 Å². The van der Waals surface area contributed by atoms with Gasteiger partial charge in [0, 0.05) is 5.56 Å². The van der Waals surface area contributed by atoms with Crippen LogP contribution in [0.5, 0.6) is 0 Å². The monoisotopic (exact) mass is 263 g/mol. The zero-order valence-electron chi connectivity index (χ0n) is 11.0. The molecule has 0 fully saturated rings. The molecule has 2 aromatic carbocycles. The average molecular weight is 263 g/mol. The van der Waals surface area contributed by atoms with Crippen LogP contribution in [0.25, 0.3) is 5.57 Å². The molecule has 0 aromatic heterocycles. The number of hydrogen-bond donors (Lipinski definition) is 1. The Hall–Kier alpha value is -2.68. The molecule has 3 heteroatoms. The first-order valence-corrected chi connectivity index (χ1v) is 6.40. The van der Waals surface area contributed by atoms with E-state index in [1.807, 2.05) is 30.3 Å². The summed E-state index contributed by atoms with van der Waals surface area (Å²) in [4.78, 5) is 24.7. The number of para-hydroxylation sites is 1. The number of amides is 1. The summed E-state index contributed by atoms with van der Waals surface area (Å²) in [5.41, 5.74) is 2.91. The van der Waals surface area contributed by atoms with Crippen LogP contribution >= 0.6 is 0 Å². The summed E-state index contributed by atoms with van der Waals surface area (Å²) in [6.07, 6.45) is 0. The third kappa shape index (κ3) is 1.93. The van der Waals surface area contributed by atoms with Gasteiger partial charge in [0.25, 0.3) is 5.91 Å². The predicted molar refractivity (Wildman–Crippen MR) is 78.4 cm³/mol. The van der Waals surface area contributed by atoms with E-state index >= 15 is 0 Å². The van der Waals surface area contributed by atoms with E-state index in [1.54, 1.807) is 31.2 Å². The van der Waals surface area contributed by atoms with E-state index in [0.717, 1.165) is 5.56 Å². The SMILES string of the molecule is C/C(=C1/C(=O)Nc2ccccc2C1=O)c1ccccc1. The summed E-state index contributed by atoms with van der Waals surface area (Å²) in [7, 11) is 0. The molecule has 0 bridgehead atoms. The second kappa shape index (κ2) is 4.78. The van der Waals surface area contributed by atoms with Crippen molar-refractivity contribution in [2.45, 2.75) is 6.92 Å². The molecule has 20 heavy (non-hydrogen) atoms. The van der Waals surface area contributed by atoms with Gasteiger partial charge >= 0.3 is 0 Å². The van der Waals surface area contributed by atoms with Gasteiger partial charge < -0.3 is 5.32 Å². The molecule has 2 aromatic rings. The average Bonchev–Trinajstić information content (AvgIpc) is 2.48. The van der Waals surface area contributed by atoms with Crippen LogP contribution in [0.15, 0.2) is 60.2 Å². The predicted octanol–water partition coefficient (Wildman–Crippen LogP) is 3.30. The fourth-order valence-corrected chi connectivity index (χ4v) is 2.39. The number of carbonyl (C=O) groups is 2. The number of anilines is 1. The number of Topliss-reactive ketones (excluding diaryl/α,β-unsaturated/α-hetero) is 1. The third-order valence-electron chi connectivity index (χ3n) is 3.46. The first-order chi connectivity index (χ1) is 9.68. The van der Waals surface area contributed by atoms with E-state index in [2.05, 4.69) is 5.32 Å². The molecule has 1 N–H and O–H groups in total. The summed E-state index contributed by atoms with van der Waals surface area (Å²) in [6.45, 7) is 1.80. The maximum absolute atomic E-state index is 12.5. The largest absolute Gasteiger partial charge is 0.321 e. The van der Waals surface area contributed by atoms with Crippen molar-refractivity contribution >= 4 is 23.0 Å². The Morgan fingerprint density at radius 3 is 2.30 bits per heavy atom. The summed E-state index contributed by atoms with van der Waals surface area (Å²) in [5.74, 6) is -0.555. The van der Waals surface area contributed by atoms with Crippen LogP contribution in [0.2, 0.25) is 0 Å². The molecule has 0 spiro atoms. The van der Waals surface area contributed by atoms with Gasteiger partial charge in [0.05, 0.1) is 11.3 Å². The van der Waals surface area contributed by atoms with Crippen molar-refractivity contribution in [2.24, 2.45) is 0 Å². The number of hydrogen-bond acceptors (Lipinski definition) is 2. The minimum Gasteiger partial charge on any atom is -0.321 e. The second-order valence-electron chi connectivity index (χ2n) is 4.69. The molecular formula is C17H13NO2. The number of carbonyl (C=O) groups excluding carboxylic acids is 2. The summed E-state index contributed by atoms with van der Waals surface area (Å²) >= 11 is 0. The first-order valence-electron chi connectivity index (χ1n) is 6.40. The minimum absolute atomic E-state index is 0.217. The normalized spacial score (nSPS) is 16.4. The Labute approximate surface area is 116 Å². The highest BCUT2D eigenvalue weighted by Crippen LogP contribution is 2.29. The van der Waals surface area contributed by atoms with Gasteiger partial charge in [-0.15, -0.1) is 0 Å². The van der Waals surface area contributed by atoms with E-state index in [-0.39, 0.29) is 17.3 Å². The van der Waals surface area contributed by atoms with Crippen LogP contribution in [-0.2, 0) is 4.79 Å².